The molecule has 2 aromatic rings. The molecular weight excluding hydrogens is 260 g/mol. The smallest absolute Gasteiger partial charge is 0.299 e. The third kappa shape index (κ3) is 2.94. The molecule has 0 aliphatic carbocycles. The van der Waals surface area contributed by atoms with Gasteiger partial charge in [0.25, 0.3) is 11.6 Å². The van der Waals surface area contributed by atoms with Crippen molar-refractivity contribution >= 4 is 5.78 Å². The van der Waals surface area contributed by atoms with Crippen molar-refractivity contribution in [3.63, 3.8) is 0 Å². The summed E-state index contributed by atoms with van der Waals surface area (Å²) in [5, 5.41) is 0. The second kappa shape index (κ2) is 5.87. The van der Waals surface area contributed by atoms with Gasteiger partial charge in [0.05, 0.1) is 11.4 Å². The molecule has 0 aliphatic rings. The van der Waals surface area contributed by atoms with Crippen molar-refractivity contribution in [3.8, 4) is 17.4 Å². The number of carbonyl (C=O) groups excluding carboxylic acids is 1. The van der Waals surface area contributed by atoms with E-state index in [4.69, 9.17) is 4.74 Å². The van der Waals surface area contributed by atoms with Gasteiger partial charge in [0.2, 0.25) is 0 Å². The van der Waals surface area contributed by atoms with E-state index >= 15 is 0 Å². The molecule has 2 aromatic heterocycles. The minimum atomic E-state index is -0.310. The van der Waals surface area contributed by atoms with E-state index in [9.17, 15) is 9.59 Å². The van der Waals surface area contributed by atoms with E-state index < -0.39 is 0 Å². The Labute approximate surface area is 114 Å². The number of ketones is 1. The van der Waals surface area contributed by atoms with Crippen LogP contribution in [0.25, 0.3) is 11.4 Å². The van der Waals surface area contributed by atoms with Crippen LogP contribution in [0.4, 0.5) is 0 Å². The third-order valence-corrected chi connectivity index (χ3v) is 2.51. The summed E-state index contributed by atoms with van der Waals surface area (Å²) in [6, 6.07) is 3.01. The molecule has 0 fully saturated rings. The van der Waals surface area contributed by atoms with Gasteiger partial charge in [-0.25, -0.2) is 9.97 Å². The molecule has 0 spiro atoms. The van der Waals surface area contributed by atoms with Crippen LogP contribution in [0, 0.1) is 0 Å². The Bertz CT molecular complexity index is 695. The quantitative estimate of drug-likeness (QED) is 0.731. The van der Waals surface area contributed by atoms with Gasteiger partial charge in [0.1, 0.15) is 6.33 Å². The van der Waals surface area contributed by atoms with E-state index in [-0.39, 0.29) is 24.0 Å². The lowest BCUT2D eigenvalue weighted by molar-refractivity contribution is -0.116. The van der Waals surface area contributed by atoms with Crippen LogP contribution >= 0.6 is 0 Å². The SMILES string of the molecule is C=CC(=O)COc1nc(-c2ccncn2)cc(=O)n1C. The molecule has 2 rings (SSSR count). The maximum atomic E-state index is 11.8. The van der Waals surface area contributed by atoms with Crippen LogP contribution in [-0.2, 0) is 11.8 Å². The maximum absolute atomic E-state index is 11.8. The van der Waals surface area contributed by atoms with Gasteiger partial charge in [-0.15, -0.1) is 0 Å². The van der Waals surface area contributed by atoms with E-state index in [1.165, 1.54) is 24.0 Å². The molecule has 0 N–H and O–H groups in total. The fourth-order valence-corrected chi connectivity index (χ4v) is 1.42. The van der Waals surface area contributed by atoms with Crippen LogP contribution < -0.4 is 10.3 Å². The van der Waals surface area contributed by atoms with E-state index in [0.717, 1.165) is 6.08 Å². The third-order valence-electron chi connectivity index (χ3n) is 2.51. The summed E-state index contributed by atoms with van der Waals surface area (Å²) in [6.45, 7) is 3.12. The largest absolute Gasteiger partial charge is 0.456 e. The first-order chi connectivity index (χ1) is 9.61. The van der Waals surface area contributed by atoms with Gasteiger partial charge in [0, 0.05) is 19.3 Å². The lowest BCUT2D eigenvalue weighted by atomic mass is 10.3. The van der Waals surface area contributed by atoms with Crippen molar-refractivity contribution in [3.05, 3.63) is 47.7 Å². The van der Waals surface area contributed by atoms with Crippen molar-refractivity contribution in [1.82, 2.24) is 19.5 Å². The van der Waals surface area contributed by atoms with Gasteiger partial charge in [-0.2, -0.15) is 4.98 Å². The van der Waals surface area contributed by atoms with Crippen molar-refractivity contribution < 1.29 is 9.53 Å². The first kappa shape index (κ1) is 13.6. The lowest BCUT2D eigenvalue weighted by Gasteiger charge is -2.09. The maximum Gasteiger partial charge on any atom is 0.299 e. The minimum absolute atomic E-state index is 0.0429. The van der Waals surface area contributed by atoms with Gasteiger partial charge >= 0.3 is 0 Å². The summed E-state index contributed by atoms with van der Waals surface area (Å²) in [5.41, 5.74) is 0.545. The van der Waals surface area contributed by atoms with E-state index in [0.29, 0.717) is 11.4 Å². The highest BCUT2D eigenvalue weighted by molar-refractivity contribution is 5.90. The Balaban J connectivity index is 2.37. The monoisotopic (exact) mass is 272 g/mol. The van der Waals surface area contributed by atoms with E-state index in [2.05, 4.69) is 21.5 Å². The molecule has 0 saturated carbocycles. The summed E-state index contributed by atoms with van der Waals surface area (Å²) >= 11 is 0. The predicted octanol–water partition coefficient (Wildman–Crippen LogP) is 0.371. The summed E-state index contributed by atoms with van der Waals surface area (Å²) in [5.74, 6) is -0.299. The van der Waals surface area contributed by atoms with E-state index in [1.54, 1.807) is 12.3 Å². The topological polar surface area (TPSA) is 87.0 Å². The van der Waals surface area contributed by atoms with Crippen molar-refractivity contribution in [1.29, 1.82) is 0 Å². The zero-order valence-electron chi connectivity index (χ0n) is 10.8. The highest BCUT2D eigenvalue weighted by Gasteiger charge is 2.10. The predicted molar refractivity (Wildman–Crippen MR) is 71.2 cm³/mol. The zero-order valence-corrected chi connectivity index (χ0v) is 10.8. The van der Waals surface area contributed by atoms with Crippen LogP contribution in [0.1, 0.15) is 0 Å². The molecule has 102 valence electrons. The van der Waals surface area contributed by atoms with Gasteiger partial charge in [-0.05, 0) is 12.1 Å². The highest BCUT2D eigenvalue weighted by Crippen LogP contribution is 2.14. The normalized spacial score (nSPS) is 10.1. The van der Waals surface area contributed by atoms with Crippen LogP contribution in [0.3, 0.4) is 0 Å². The number of aromatic nitrogens is 4. The molecule has 0 aliphatic heterocycles. The van der Waals surface area contributed by atoms with E-state index in [1.807, 2.05) is 0 Å². The second-order valence-corrected chi connectivity index (χ2v) is 3.87. The molecule has 0 atom stereocenters. The number of rotatable bonds is 5. The number of ether oxygens (including phenoxy) is 1. The molecule has 7 nitrogen and oxygen atoms in total. The minimum Gasteiger partial charge on any atom is -0.456 e. The molecule has 0 aromatic carbocycles. The summed E-state index contributed by atoms with van der Waals surface area (Å²) in [7, 11) is 1.51. The Hall–Kier alpha value is -2.83. The summed E-state index contributed by atoms with van der Waals surface area (Å²) in [4.78, 5) is 35.0. The average Bonchev–Trinajstić information content (AvgIpc) is 2.49. The van der Waals surface area contributed by atoms with Crippen LogP contribution in [0.15, 0.2) is 42.1 Å². The first-order valence-corrected chi connectivity index (χ1v) is 5.74. The first-order valence-electron chi connectivity index (χ1n) is 5.74. The fourth-order valence-electron chi connectivity index (χ4n) is 1.42. The summed E-state index contributed by atoms with van der Waals surface area (Å²) in [6.07, 6.45) is 4.05. The van der Waals surface area contributed by atoms with Gasteiger partial charge in [0.15, 0.2) is 12.4 Å². The highest BCUT2D eigenvalue weighted by atomic mass is 16.5. The Morgan fingerprint density at radius 1 is 1.50 bits per heavy atom. The Morgan fingerprint density at radius 3 is 2.95 bits per heavy atom. The molecule has 0 radical (unpaired) electrons. The van der Waals surface area contributed by atoms with Crippen LogP contribution in [-0.4, -0.2) is 31.9 Å². The number of carbonyl (C=O) groups is 1. The van der Waals surface area contributed by atoms with Crippen molar-refractivity contribution in [2.24, 2.45) is 7.05 Å². The molecule has 0 unspecified atom stereocenters. The molecule has 0 amide bonds. The number of hydrogen-bond donors (Lipinski definition) is 0. The fraction of sp³-hybridized carbons (Fsp3) is 0.154. The standard InChI is InChI=1S/C13H12N4O3/c1-3-9(18)7-20-13-16-11(6-12(19)17(13)2)10-4-5-14-8-15-10/h3-6,8H,1,7H2,2H3. The van der Waals surface area contributed by atoms with Crippen molar-refractivity contribution in [2.75, 3.05) is 6.61 Å². The lowest BCUT2D eigenvalue weighted by Crippen LogP contribution is -2.22. The summed E-state index contributed by atoms with van der Waals surface area (Å²) < 4.78 is 6.43. The molecule has 20 heavy (non-hydrogen) atoms. The Morgan fingerprint density at radius 2 is 2.30 bits per heavy atom. The average molecular weight is 272 g/mol. The van der Waals surface area contributed by atoms with Crippen LogP contribution in [0.2, 0.25) is 0 Å². The zero-order chi connectivity index (χ0) is 14.5. The number of nitrogens with zero attached hydrogens (tertiary/aromatic N) is 4. The Kier molecular flexibility index (Phi) is 3.99. The molecule has 0 bridgehead atoms. The second-order valence-electron chi connectivity index (χ2n) is 3.87. The molecular formula is C13H12N4O3. The van der Waals surface area contributed by atoms with Crippen molar-refractivity contribution in [2.45, 2.75) is 0 Å². The van der Waals surface area contributed by atoms with Gasteiger partial charge in [-0.1, -0.05) is 6.58 Å². The number of hydrogen-bond acceptors (Lipinski definition) is 6. The van der Waals surface area contributed by atoms with Gasteiger partial charge < -0.3 is 4.74 Å². The molecule has 7 heteroatoms. The molecule has 2 heterocycles. The molecule has 0 saturated heterocycles. The van der Waals surface area contributed by atoms with Gasteiger partial charge in [-0.3, -0.25) is 14.2 Å². The van der Waals surface area contributed by atoms with Crippen LogP contribution in [0.5, 0.6) is 6.01 Å².